The van der Waals surface area contributed by atoms with Crippen molar-refractivity contribution in [2.24, 2.45) is 11.7 Å². The molecule has 0 spiro atoms. The van der Waals surface area contributed by atoms with E-state index in [-0.39, 0.29) is 24.4 Å². The maximum absolute atomic E-state index is 12.1. The van der Waals surface area contributed by atoms with Gasteiger partial charge in [-0.1, -0.05) is 11.6 Å². The average molecular weight is 381 g/mol. The fraction of sp³-hybridized carbons (Fsp3) is 0.462. The number of benzene rings is 1. The zero-order chi connectivity index (χ0) is 12.4. The Morgan fingerprint density at radius 3 is 2.78 bits per heavy atom. The van der Waals surface area contributed by atoms with Crippen LogP contribution in [0.1, 0.15) is 28.8 Å². The Morgan fingerprint density at radius 1 is 1.56 bits per heavy atom. The van der Waals surface area contributed by atoms with Crippen LogP contribution in [0.25, 0.3) is 0 Å². The molecule has 1 fully saturated rings. The van der Waals surface area contributed by atoms with Crippen molar-refractivity contribution in [3.05, 3.63) is 32.9 Å². The first-order valence-corrected chi connectivity index (χ1v) is 6.96. The van der Waals surface area contributed by atoms with E-state index < -0.39 is 0 Å². The Balaban J connectivity index is 0.00000162. The predicted octanol–water partition coefficient (Wildman–Crippen LogP) is 2.49. The minimum Gasteiger partial charge on any atom is -0.348 e. The highest BCUT2D eigenvalue weighted by atomic mass is 127. The number of carbonyl (C=O) groups excluding carboxylic acids is 1. The molecule has 0 radical (unpaired) electrons. The van der Waals surface area contributed by atoms with Crippen molar-refractivity contribution in [1.29, 1.82) is 0 Å². The van der Waals surface area contributed by atoms with E-state index >= 15 is 0 Å². The molecular weight excluding hydrogens is 363 g/mol. The predicted molar refractivity (Wildman–Crippen MR) is 84.2 cm³/mol. The topological polar surface area (TPSA) is 55.1 Å². The lowest BCUT2D eigenvalue weighted by Gasteiger charge is -2.16. The van der Waals surface area contributed by atoms with Gasteiger partial charge in [0.1, 0.15) is 0 Å². The highest BCUT2D eigenvalue weighted by molar-refractivity contribution is 14.1. The highest BCUT2D eigenvalue weighted by Crippen LogP contribution is 2.32. The van der Waals surface area contributed by atoms with Crippen LogP contribution in [0.3, 0.4) is 0 Å². The molecule has 1 aromatic rings. The monoisotopic (exact) mass is 380 g/mol. The van der Waals surface area contributed by atoms with Crippen molar-refractivity contribution in [3.63, 3.8) is 0 Å². The third-order valence-electron chi connectivity index (χ3n) is 3.13. The minimum absolute atomic E-state index is 0. The van der Waals surface area contributed by atoms with E-state index in [1.165, 1.54) is 12.8 Å². The summed E-state index contributed by atoms with van der Waals surface area (Å²) in [6.07, 6.45) is 2.38. The highest BCUT2D eigenvalue weighted by Gasteiger charge is 2.31. The number of nitrogens with two attached hydrogens (primary N) is 1. The smallest absolute Gasteiger partial charge is 0.252 e. The first-order valence-electron chi connectivity index (χ1n) is 5.89. The van der Waals surface area contributed by atoms with E-state index in [0.29, 0.717) is 12.5 Å². The number of amides is 1. The second-order valence-corrected chi connectivity index (χ2v) is 5.80. The van der Waals surface area contributed by atoms with Gasteiger partial charge >= 0.3 is 0 Å². The molecule has 1 saturated carbocycles. The van der Waals surface area contributed by atoms with Crippen molar-refractivity contribution in [2.75, 3.05) is 6.54 Å². The van der Waals surface area contributed by atoms with Gasteiger partial charge in [-0.15, -0.1) is 12.4 Å². The molecule has 1 unspecified atom stereocenters. The van der Waals surface area contributed by atoms with E-state index in [2.05, 4.69) is 27.9 Å². The first kappa shape index (κ1) is 15.7. The summed E-state index contributed by atoms with van der Waals surface area (Å²) in [7, 11) is 0. The standard InChI is InChI=1S/C13H17IN2O.ClH/c1-8-2-5-11(14)10(6-8)13(17)16-12(7-15)9-3-4-9;/h2,5-6,9,12H,3-4,7,15H2,1H3,(H,16,17);1H. The molecule has 100 valence electrons. The Morgan fingerprint density at radius 2 is 2.22 bits per heavy atom. The lowest BCUT2D eigenvalue weighted by Crippen LogP contribution is -2.42. The van der Waals surface area contributed by atoms with E-state index in [1.807, 2.05) is 25.1 Å². The van der Waals surface area contributed by atoms with Crippen molar-refractivity contribution in [2.45, 2.75) is 25.8 Å². The molecule has 0 heterocycles. The van der Waals surface area contributed by atoms with Crippen molar-refractivity contribution >= 4 is 40.9 Å². The number of carbonyl (C=O) groups is 1. The van der Waals surface area contributed by atoms with E-state index in [1.54, 1.807) is 0 Å². The zero-order valence-electron chi connectivity index (χ0n) is 10.3. The number of rotatable bonds is 4. The second kappa shape index (κ2) is 6.73. The number of hydrogen-bond acceptors (Lipinski definition) is 2. The summed E-state index contributed by atoms with van der Waals surface area (Å²) in [5.41, 5.74) is 7.55. The molecule has 2 rings (SSSR count). The van der Waals surface area contributed by atoms with Crippen LogP contribution in [-0.2, 0) is 0 Å². The summed E-state index contributed by atoms with van der Waals surface area (Å²) < 4.78 is 0.984. The van der Waals surface area contributed by atoms with Crippen LogP contribution in [0.4, 0.5) is 0 Å². The van der Waals surface area contributed by atoms with Crippen LogP contribution >= 0.6 is 35.0 Å². The lowest BCUT2D eigenvalue weighted by atomic mass is 10.1. The third-order valence-corrected chi connectivity index (χ3v) is 4.07. The molecule has 3 nitrogen and oxygen atoms in total. The summed E-state index contributed by atoms with van der Waals surface area (Å²) in [6, 6.07) is 6.05. The van der Waals surface area contributed by atoms with Crippen LogP contribution in [0.2, 0.25) is 0 Å². The molecule has 0 saturated heterocycles. The molecule has 18 heavy (non-hydrogen) atoms. The number of halogens is 2. The Bertz CT molecular complexity index is 435. The second-order valence-electron chi connectivity index (χ2n) is 4.64. The van der Waals surface area contributed by atoms with Gasteiger partial charge in [-0.05, 0) is 60.4 Å². The van der Waals surface area contributed by atoms with Gasteiger partial charge in [0.15, 0.2) is 0 Å². The summed E-state index contributed by atoms with van der Waals surface area (Å²) >= 11 is 2.19. The van der Waals surface area contributed by atoms with E-state index in [9.17, 15) is 4.79 Å². The molecule has 1 aliphatic rings. The van der Waals surface area contributed by atoms with Crippen molar-refractivity contribution in [3.8, 4) is 0 Å². The van der Waals surface area contributed by atoms with Crippen molar-refractivity contribution in [1.82, 2.24) is 5.32 Å². The summed E-state index contributed by atoms with van der Waals surface area (Å²) in [5.74, 6) is 0.590. The Kier molecular flexibility index (Phi) is 5.88. The van der Waals surface area contributed by atoms with Gasteiger partial charge in [-0.25, -0.2) is 0 Å². The fourth-order valence-corrected chi connectivity index (χ4v) is 2.51. The molecular formula is C13H18ClIN2O. The summed E-state index contributed by atoms with van der Waals surface area (Å²) in [4.78, 5) is 12.1. The van der Waals surface area contributed by atoms with Gasteiger partial charge in [0.05, 0.1) is 5.56 Å². The Labute approximate surface area is 127 Å². The van der Waals surface area contributed by atoms with Crippen LogP contribution in [0.15, 0.2) is 18.2 Å². The summed E-state index contributed by atoms with van der Waals surface area (Å²) in [5, 5.41) is 3.04. The largest absolute Gasteiger partial charge is 0.348 e. The zero-order valence-corrected chi connectivity index (χ0v) is 13.3. The van der Waals surface area contributed by atoms with Gasteiger partial charge < -0.3 is 11.1 Å². The normalized spacial score (nSPS) is 15.7. The third kappa shape index (κ3) is 3.83. The van der Waals surface area contributed by atoms with Crippen LogP contribution in [0, 0.1) is 16.4 Å². The molecule has 0 aliphatic heterocycles. The molecule has 1 atom stereocenters. The van der Waals surface area contributed by atoms with Crippen LogP contribution in [0.5, 0.6) is 0 Å². The van der Waals surface area contributed by atoms with Crippen molar-refractivity contribution < 1.29 is 4.79 Å². The molecule has 0 aromatic heterocycles. The van der Waals surface area contributed by atoms with Crippen LogP contribution in [-0.4, -0.2) is 18.5 Å². The quantitative estimate of drug-likeness (QED) is 0.789. The molecule has 1 amide bonds. The SMILES string of the molecule is Cc1ccc(I)c(C(=O)NC(CN)C2CC2)c1.Cl. The molecule has 0 bridgehead atoms. The van der Waals surface area contributed by atoms with Gasteiger partial charge in [-0.2, -0.15) is 0 Å². The van der Waals surface area contributed by atoms with Gasteiger partial charge in [0, 0.05) is 16.2 Å². The Hall–Kier alpha value is -0.330. The van der Waals surface area contributed by atoms with Gasteiger partial charge in [0.2, 0.25) is 0 Å². The van der Waals surface area contributed by atoms with E-state index in [0.717, 1.165) is 14.7 Å². The molecule has 1 aliphatic carbocycles. The molecule has 1 aromatic carbocycles. The molecule has 3 N–H and O–H groups in total. The summed E-state index contributed by atoms with van der Waals surface area (Å²) in [6.45, 7) is 2.52. The van der Waals surface area contributed by atoms with Crippen LogP contribution < -0.4 is 11.1 Å². The number of aryl methyl sites for hydroxylation is 1. The first-order chi connectivity index (χ1) is 8.11. The van der Waals surface area contributed by atoms with Gasteiger partial charge in [-0.3, -0.25) is 4.79 Å². The average Bonchev–Trinajstić information content (AvgIpc) is 3.13. The maximum atomic E-state index is 12.1. The number of hydrogen-bond donors (Lipinski definition) is 2. The minimum atomic E-state index is 0. The van der Waals surface area contributed by atoms with E-state index in [4.69, 9.17) is 5.73 Å². The number of nitrogens with one attached hydrogen (secondary N) is 1. The fourth-order valence-electron chi connectivity index (χ4n) is 1.93. The van der Waals surface area contributed by atoms with Gasteiger partial charge in [0.25, 0.3) is 5.91 Å². The molecule has 5 heteroatoms. The maximum Gasteiger partial charge on any atom is 0.252 e. The lowest BCUT2D eigenvalue weighted by molar-refractivity contribution is 0.0932.